The van der Waals surface area contributed by atoms with Gasteiger partial charge in [0, 0.05) is 29.4 Å². The number of esters is 1. The maximum atomic E-state index is 11.7. The van der Waals surface area contributed by atoms with Gasteiger partial charge in [0.15, 0.2) is 5.12 Å². The molecule has 0 saturated heterocycles. The van der Waals surface area contributed by atoms with Gasteiger partial charge in [0.1, 0.15) is 12.9 Å². The van der Waals surface area contributed by atoms with E-state index in [-0.39, 0.29) is 81.5 Å². The largest absolute Gasteiger partial charge is 1.00 e. The van der Waals surface area contributed by atoms with E-state index < -0.39 is 33.3 Å². The van der Waals surface area contributed by atoms with Crippen molar-refractivity contribution >= 4 is 30.7 Å². The molecule has 0 spiro atoms. The normalized spacial score (nSPS) is 10.1. The molecule has 1 atom stereocenters. The molecule has 0 aromatic rings. The minimum atomic E-state index is -5.15. The van der Waals surface area contributed by atoms with Gasteiger partial charge in [-0.15, -0.1) is 0 Å². The quantitative estimate of drug-likeness (QED) is 0.0508. The molecule has 9 nitrogen and oxygen atoms in total. The summed E-state index contributed by atoms with van der Waals surface area (Å²) in [6, 6.07) is 0. The first kappa shape index (κ1) is 44.2. The second-order valence-corrected chi connectivity index (χ2v) is 9.16. The molecule has 0 aromatic heterocycles. The van der Waals surface area contributed by atoms with E-state index in [0.717, 1.165) is 31.0 Å². The summed E-state index contributed by atoms with van der Waals surface area (Å²) >= 11 is 0.939. The molecule has 37 heavy (non-hydrogen) atoms. The van der Waals surface area contributed by atoms with Crippen LogP contribution in [0, 0.1) is 34.9 Å². The number of ether oxygens (including phenoxy) is 2. The summed E-state index contributed by atoms with van der Waals surface area (Å²) in [5.41, 5.74) is 0. The van der Waals surface area contributed by atoms with E-state index in [1.165, 1.54) is 32.6 Å². The summed E-state index contributed by atoms with van der Waals surface area (Å²) in [5, 5.41) is 11.1. The van der Waals surface area contributed by atoms with Crippen molar-refractivity contribution in [2.24, 2.45) is 0 Å². The van der Waals surface area contributed by atoms with Crippen LogP contribution in [0.5, 0.6) is 0 Å². The van der Waals surface area contributed by atoms with Crippen LogP contribution in [0.3, 0.4) is 0 Å². The fraction of sp³-hybridized carbons (Fsp3) is 0.667. The van der Waals surface area contributed by atoms with Gasteiger partial charge in [0.05, 0.1) is 21.0 Å². The van der Waals surface area contributed by atoms with E-state index in [1.54, 1.807) is 6.92 Å². The third-order valence-corrected chi connectivity index (χ3v) is 4.86. The van der Waals surface area contributed by atoms with Crippen LogP contribution in [-0.4, -0.2) is 42.3 Å². The Morgan fingerprint density at radius 3 is 2.05 bits per heavy atom. The van der Waals surface area contributed by atoms with E-state index in [4.69, 9.17) is 9.84 Å². The van der Waals surface area contributed by atoms with E-state index in [2.05, 4.69) is 51.0 Å². The maximum absolute atomic E-state index is 11.7. The number of aliphatic hydroxyl groups is 1. The fourth-order valence-corrected chi connectivity index (χ4v) is 2.97. The summed E-state index contributed by atoms with van der Waals surface area (Å²) < 4.78 is 24.2. The van der Waals surface area contributed by atoms with Crippen LogP contribution < -0.4 is 68.9 Å². The van der Waals surface area contributed by atoms with Gasteiger partial charge in [-0.1, -0.05) is 57.8 Å². The summed E-state index contributed by atoms with van der Waals surface area (Å²) in [4.78, 5) is 42.9. The third kappa shape index (κ3) is 40.8. The SMILES string of the molecule is CC#CC#CC#CSC(C)=O.CCCCCCCCCCC(=O)O[C@@H](COCO)COP(=O)([O-])[O-].[HH].[HH].[HH].[Na+].[Na+]. The number of rotatable bonds is 16. The van der Waals surface area contributed by atoms with Gasteiger partial charge in [-0.05, 0) is 42.3 Å². The molecule has 0 fully saturated rings. The van der Waals surface area contributed by atoms with E-state index >= 15 is 0 Å². The van der Waals surface area contributed by atoms with Gasteiger partial charge in [0.2, 0.25) is 0 Å². The first-order chi connectivity index (χ1) is 16.7. The zero-order chi connectivity index (χ0) is 26.8. The second kappa shape index (κ2) is 32.4. The Hall–Kier alpha value is 0.200. The Labute approximate surface area is 274 Å². The van der Waals surface area contributed by atoms with Crippen molar-refractivity contribution in [1.82, 2.24) is 0 Å². The predicted molar refractivity (Wildman–Crippen MR) is 137 cm³/mol. The molecule has 204 valence electrons. The van der Waals surface area contributed by atoms with Crippen LogP contribution in [0.4, 0.5) is 0 Å². The first-order valence-electron chi connectivity index (χ1n) is 11.3. The van der Waals surface area contributed by atoms with Crippen LogP contribution in [0.25, 0.3) is 0 Å². The Balaban J connectivity index is -0.000000118. The standard InChI is InChI=1S/C15H31O8P.C9H6OS.2Na.3H2/c1-2-3-4-5-6-7-8-9-10-15(17)23-14(11-21-13-16)12-22-24(18,19)20;1-3-4-5-6-7-8-11-9(2)10;;;;;/h14,16H,2-13H2,1H3,(H2,18,19,20);1-2H3;;;3*1H/q;;2*+1;;;/p-2/t14-;;;;;;/m0....../s1. The number of phosphoric ester groups is 1. The molecule has 0 bridgehead atoms. The average molecular weight is 583 g/mol. The number of hydrogen-bond acceptors (Lipinski definition) is 10. The summed E-state index contributed by atoms with van der Waals surface area (Å²) in [7, 11) is -5.15. The predicted octanol–water partition coefficient (Wildman–Crippen LogP) is -2.76. The van der Waals surface area contributed by atoms with Crippen molar-refractivity contribution in [2.45, 2.75) is 84.7 Å². The molecule has 0 aliphatic carbocycles. The van der Waals surface area contributed by atoms with E-state index in [9.17, 15) is 23.9 Å². The first-order valence-corrected chi connectivity index (χ1v) is 13.6. The minimum Gasteiger partial charge on any atom is -0.790 e. The number of phosphoric acid groups is 1. The number of carbonyl (C=O) groups excluding carboxylic acids is 2. The molecular weight excluding hydrogens is 541 g/mol. The monoisotopic (exact) mass is 582 g/mol. The van der Waals surface area contributed by atoms with Crippen molar-refractivity contribution in [2.75, 3.05) is 20.0 Å². The van der Waals surface area contributed by atoms with Crippen LogP contribution in [0.15, 0.2) is 0 Å². The van der Waals surface area contributed by atoms with Crippen molar-refractivity contribution in [3.8, 4) is 34.9 Å². The summed E-state index contributed by atoms with van der Waals surface area (Å²) in [6.07, 6.45) is 7.90. The van der Waals surface area contributed by atoms with Crippen LogP contribution >= 0.6 is 19.6 Å². The minimum absolute atomic E-state index is 0. The van der Waals surface area contributed by atoms with Crippen LogP contribution in [-0.2, 0) is 28.2 Å². The summed E-state index contributed by atoms with van der Waals surface area (Å²) in [5.74, 6) is 12.1. The number of thioether (sulfide) groups is 1. The van der Waals surface area contributed by atoms with Crippen molar-refractivity contribution in [3.63, 3.8) is 0 Å². The molecule has 0 rings (SSSR count). The van der Waals surface area contributed by atoms with Gasteiger partial charge in [-0.2, -0.15) is 0 Å². The molecule has 0 amide bonds. The Morgan fingerprint density at radius 1 is 0.973 bits per heavy atom. The smallest absolute Gasteiger partial charge is 0.790 e. The molecule has 13 heteroatoms. The van der Waals surface area contributed by atoms with E-state index in [0.29, 0.717) is 6.42 Å². The Kier molecular flexibility index (Phi) is 38.7. The van der Waals surface area contributed by atoms with Gasteiger partial charge in [0.25, 0.3) is 0 Å². The second-order valence-electron chi connectivity index (χ2n) is 7.03. The number of unbranched alkanes of at least 4 members (excludes halogenated alkanes) is 7. The van der Waals surface area contributed by atoms with Gasteiger partial charge < -0.3 is 33.5 Å². The van der Waals surface area contributed by atoms with Crippen molar-refractivity contribution in [1.29, 1.82) is 0 Å². The Morgan fingerprint density at radius 2 is 1.54 bits per heavy atom. The average Bonchev–Trinajstić information content (AvgIpc) is 2.79. The van der Waals surface area contributed by atoms with Gasteiger partial charge in [-0.25, -0.2) is 0 Å². The molecule has 0 aromatic carbocycles. The van der Waals surface area contributed by atoms with E-state index in [1.807, 2.05) is 0 Å². The van der Waals surface area contributed by atoms with Gasteiger partial charge >= 0.3 is 65.1 Å². The van der Waals surface area contributed by atoms with Crippen LogP contribution in [0.2, 0.25) is 0 Å². The number of carbonyl (C=O) groups is 2. The zero-order valence-electron chi connectivity index (χ0n) is 22.6. The fourth-order valence-electron chi connectivity index (χ4n) is 2.37. The summed E-state index contributed by atoms with van der Waals surface area (Å²) in [6.45, 7) is 3.85. The zero-order valence-corrected chi connectivity index (χ0v) is 28.3. The number of hydrogen-bond donors (Lipinski definition) is 1. The molecule has 0 aliphatic rings. The van der Waals surface area contributed by atoms with Crippen LogP contribution in [0.1, 0.15) is 82.8 Å². The molecule has 0 aliphatic heterocycles. The van der Waals surface area contributed by atoms with Gasteiger partial charge in [-0.3, -0.25) is 9.59 Å². The molecular formula is C24H41Na2O9PS. The molecule has 0 saturated carbocycles. The third-order valence-electron chi connectivity index (χ3n) is 3.90. The molecule has 0 heterocycles. The number of aliphatic hydroxyl groups excluding tert-OH is 1. The molecule has 0 radical (unpaired) electrons. The topological polar surface area (TPSA) is 145 Å². The molecule has 0 unspecified atom stereocenters. The van der Waals surface area contributed by atoms with Crippen molar-refractivity contribution in [3.05, 3.63) is 0 Å². The maximum Gasteiger partial charge on any atom is 1.00 e. The van der Waals surface area contributed by atoms with Crippen molar-refractivity contribution < 1.29 is 106 Å². The Bertz CT molecular complexity index is 833. The molecule has 1 N–H and O–H groups in total.